The molecule has 0 fully saturated rings. The van der Waals surface area contributed by atoms with Gasteiger partial charge in [0.1, 0.15) is 0 Å². The first-order valence-corrected chi connectivity index (χ1v) is 9.10. The summed E-state index contributed by atoms with van der Waals surface area (Å²) in [6, 6.07) is 14.8. The molecule has 0 spiro atoms. The normalized spacial score (nSPS) is 11.0. The van der Waals surface area contributed by atoms with Crippen LogP contribution in [0.3, 0.4) is 0 Å². The van der Waals surface area contributed by atoms with Crippen LogP contribution in [0.1, 0.15) is 35.6 Å². The van der Waals surface area contributed by atoms with Crippen molar-refractivity contribution >= 4 is 23.2 Å². The molecule has 0 aliphatic heterocycles. The molecule has 3 rings (SSSR count). The van der Waals surface area contributed by atoms with Gasteiger partial charge in [-0.15, -0.1) is 0 Å². The van der Waals surface area contributed by atoms with E-state index in [1.54, 1.807) is 32.2 Å². The number of rotatable bonds is 4. The van der Waals surface area contributed by atoms with Crippen LogP contribution in [0, 0.1) is 18.3 Å². The molecule has 5 nitrogen and oxygen atoms in total. The number of nitrogens with zero attached hydrogens (tertiary/aromatic N) is 3. The number of aromatic nitrogens is 2. The fourth-order valence-electron chi connectivity index (χ4n) is 2.72. The number of anilines is 1. The molecule has 0 radical (unpaired) electrons. The van der Waals surface area contributed by atoms with Gasteiger partial charge in [-0.2, -0.15) is 5.26 Å². The van der Waals surface area contributed by atoms with Crippen LogP contribution in [0.4, 0.5) is 5.69 Å². The second-order valence-corrected chi connectivity index (χ2v) is 7.42. The minimum Gasteiger partial charge on any atom is -0.321 e. The molecular formula is C22H19ClN4O. The maximum absolute atomic E-state index is 12.7. The number of benzene rings is 1. The van der Waals surface area contributed by atoms with Gasteiger partial charge < -0.3 is 5.32 Å². The highest BCUT2D eigenvalue weighted by molar-refractivity contribution is 6.30. The summed E-state index contributed by atoms with van der Waals surface area (Å²) in [6.07, 6.45) is 3.15. The average molecular weight is 391 g/mol. The quantitative estimate of drug-likeness (QED) is 0.667. The molecule has 1 N–H and O–H groups in total. The van der Waals surface area contributed by atoms with E-state index in [9.17, 15) is 10.1 Å². The van der Waals surface area contributed by atoms with Crippen LogP contribution in [0.2, 0.25) is 5.02 Å². The van der Waals surface area contributed by atoms with Crippen molar-refractivity contribution in [3.05, 3.63) is 76.8 Å². The van der Waals surface area contributed by atoms with E-state index < -0.39 is 5.41 Å². The minimum absolute atomic E-state index is 0.292. The number of carbonyl (C=O) groups is 1. The van der Waals surface area contributed by atoms with Crippen LogP contribution in [0.25, 0.3) is 11.1 Å². The first-order valence-electron chi connectivity index (χ1n) is 8.72. The van der Waals surface area contributed by atoms with Gasteiger partial charge in [-0.25, -0.2) is 0 Å². The van der Waals surface area contributed by atoms with Crippen molar-refractivity contribution in [2.45, 2.75) is 26.2 Å². The second-order valence-electron chi connectivity index (χ2n) is 6.99. The summed E-state index contributed by atoms with van der Waals surface area (Å²) in [6.45, 7) is 5.43. The maximum atomic E-state index is 12.7. The molecule has 0 saturated carbocycles. The van der Waals surface area contributed by atoms with Crippen molar-refractivity contribution < 1.29 is 4.79 Å². The van der Waals surface area contributed by atoms with Crippen molar-refractivity contribution in [1.29, 1.82) is 5.26 Å². The van der Waals surface area contributed by atoms with Crippen LogP contribution in [0.5, 0.6) is 0 Å². The summed E-state index contributed by atoms with van der Waals surface area (Å²) in [7, 11) is 0. The van der Waals surface area contributed by atoms with Gasteiger partial charge in [0.25, 0.3) is 5.91 Å². The zero-order valence-corrected chi connectivity index (χ0v) is 16.6. The van der Waals surface area contributed by atoms with Crippen LogP contribution < -0.4 is 5.32 Å². The number of hydrogen-bond acceptors (Lipinski definition) is 4. The Balaban J connectivity index is 1.89. The summed E-state index contributed by atoms with van der Waals surface area (Å²) < 4.78 is 0. The van der Waals surface area contributed by atoms with E-state index in [1.807, 2.05) is 37.3 Å². The third-order valence-corrected chi connectivity index (χ3v) is 4.66. The van der Waals surface area contributed by atoms with Crippen molar-refractivity contribution in [2.24, 2.45) is 0 Å². The highest BCUT2D eigenvalue weighted by atomic mass is 35.5. The number of halogens is 1. The van der Waals surface area contributed by atoms with Gasteiger partial charge in [0.2, 0.25) is 0 Å². The van der Waals surface area contributed by atoms with E-state index >= 15 is 0 Å². The van der Waals surface area contributed by atoms with E-state index in [0.29, 0.717) is 22.0 Å². The number of pyridine rings is 2. The third kappa shape index (κ3) is 4.19. The summed E-state index contributed by atoms with van der Waals surface area (Å²) >= 11 is 6.10. The van der Waals surface area contributed by atoms with Crippen LogP contribution >= 0.6 is 11.6 Å². The first kappa shape index (κ1) is 19.5. The molecule has 0 saturated heterocycles. The molecule has 6 heteroatoms. The topological polar surface area (TPSA) is 78.7 Å². The highest BCUT2D eigenvalue weighted by Crippen LogP contribution is 2.27. The lowest BCUT2D eigenvalue weighted by molar-refractivity contribution is 0.102. The number of amides is 1. The Morgan fingerprint density at radius 2 is 1.96 bits per heavy atom. The SMILES string of the molecule is Cc1ncc(NC(=O)c2ccnc(C(C)(C)C#N)c2)cc1-c1cccc(Cl)c1. The van der Waals surface area contributed by atoms with Crippen molar-refractivity contribution in [2.75, 3.05) is 5.32 Å². The van der Waals surface area contributed by atoms with Gasteiger partial charge in [-0.05, 0) is 56.7 Å². The van der Waals surface area contributed by atoms with Gasteiger partial charge in [-0.3, -0.25) is 14.8 Å². The molecule has 0 aliphatic carbocycles. The third-order valence-electron chi connectivity index (χ3n) is 4.42. The molecule has 1 aromatic carbocycles. The maximum Gasteiger partial charge on any atom is 0.255 e. The lowest BCUT2D eigenvalue weighted by Gasteiger charge is -2.15. The van der Waals surface area contributed by atoms with Gasteiger partial charge in [-0.1, -0.05) is 23.7 Å². The zero-order valence-electron chi connectivity index (χ0n) is 15.8. The van der Waals surface area contributed by atoms with Crippen molar-refractivity contribution in [3.8, 4) is 17.2 Å². The highest BCUT2D eigenvalue weighted by Gasteiger charge is 2.22. The molecule has 0 aliphatic rings. The second kappa shape index (κ2) is 7.79. The van der Waals surface area contributed by atoms with Gasteiger partial charge in [0.15, 0.2) is 0 Å². The van der Waals surface area contributed by atoms with Crippen LogP contribution in [-0.4, -0.2) is 15.9 Å². The Morgan fingerprint density at radius 1 is 1.18 bits per heavy atom. The molecule has 0 unspecified atom stereocenters. The molecule has 1 amide bonds. The Bertz CT molecular complexity index is 1090. The van der Waals surface area contributed by atoms with Gasteiger partial charge in [0, 0.05) is 28.0 Å². The number of hydrogen-bond donors (Lipinski definition) is 1. The van der Waals surface area contributed by atoms with Crippen molar-refractivity contribution in [1.82, 2.24) is 9.97 Å². The number of aryl methyl sites for hydroxylation is 1. The molecule has 28 heavy (non-hydrogen) atoms. The number of carbonyl (C=O) groups excluding carboxylic acids is 1. The monoisotopic (exact) mass is 390 g/mol. The molecule has 0 atom stereocenters. The molecule has 2 heterocycles. The van der Waals surface area contributed by atoms with Gasteiger partial charge in [0.05, 0.1) is 29.1 Å². The van der Waals surface area contributed by atoms with E-state index in [2.05, 4.69) is 21.4 Å². The number of nitriles is 1. The van der Waals surface area contributed by atoms with Crippen molar-refractivity contribution in [3.63, 3.8) is 0 Å². The van der Waals surface area contributed by atoms with E-state index in [-0.39, 0.29) is 5.91 Å². The Morgan fingerprint density at radius 3 is 2.68 bits per heavy atom. The first-order chi connectivity index (χ1) is 13.3. The minimum atomic E-state index is -0.776. The predicted octanol–water partition coefficient (Wildman–Crippen LogP) is 5.16. The zero-order chi connectivity index (χ0) is 20.3. The Labute approximate surface area is 169 Å². The molecule has 140 valence electrons. The standard InChI is InChI=1S/C22H19ClN4O/c1-14-19(15-5-4-6-17(23)9-15)11-18(12-26-14)27-21(28)16-7-8-25-20(10-16)22(2,3)13-24/h4-12H,1-3H3,(H,27,28). The smallest absolute Gasteiger partial charge is 0.255 e. The lowest BCUT2D eigenvalue weighted by atomic mass is 9.90. The fraction of sp³-hybridized carbons (Fsp3) is 0.182. The molecule has 2 aromatic heterocycles. The lowest BCUT2D eigenvalue weighted by Crippen LogP contribution is -2.18. The largest absolute Gasteiger partial charge is 0.321 e. The summed E-state index contributed by atoms with van der Waals surface area (Å²) in [5.41, 5.74) is 3.42. The summed E-state index contributed by atoms with van der Waals surface area (Å²) in [5.74, 6) is -0.292. The summed E-state index contributed by atoms with van der Waals surface area (Å²) in [5, 5.41) is 12.8. The van der Waals surface area contributed by atoms with Gasteiger partial charge >= 0.3 is 0 Å². The predicted molar refractivity (Wildman–Crippen MR) is 110 cm³/mol. The van der Waals surface area contributed by atoms with Crippen LogP contribution in [0.15, 0.2) is 54.9 Å². The molecule has 0 bridgehead atoms. The van der Waals surface area contributed by atoms with Crippen LogP contribution in [-0.2, 0) is 5.41 Å². The van der Waals surface area contributed by atoms with E-state index in [1.165, 1.54) is 6.20 Å². The van der Waals surface area contributed by atoms with E-state index in [0.717, 1.165) is 16.8 Å². The summed E-state index contributed by atoms with van der Waals surface area (Å²) in [4.78, 5) is 21.3. The average Bonchev–Trinajstić information content (AvgIpc) is 2.69. The fourth-order valence-corrected chi connectivity index (χ4v) is 2.91. The number of nitrogens with one attached hydrogen (secondary N) is 1. The molecule has 3 aromatic rings. The Hall–Kier alpha value is -3.23. The Kier molecular flexibility index (Phi) is 5.43. The van der Waals surface area contributed by atoms with E-state index in [4.69, 9.17) is 11.6 Å². The molecular weight excluding hydrogens is 372 g/mol.